The second kappa shape index (κ2) is 11.1. The van der Waals surface area contributed by atoms with E-state index in [9.17, 15) is 9.90 Å². The zero-order valence-electron chi connectivity index (χ0n) is 21.8. The molecule has 2 aromatic carbocycles. The molecule has 3 aliphatic rings. The second-order valence-corrected chi connectivity index (χ2v) is 14.0. The van der Waals surface area contributed by atoms with E-state index in [4.69, 9.17) is 19.4 Å². The SMILES string of the molecule is O=C1C(c2[se]c(N3CCOCC3)nc2-c2ccccc2)=C(O)C1c1[se]c(N2CCOCC2)nc1-c1ccccc1. The average Bonchev–Trinajstić information content (AvgIpc) is 3.65. The van der Waals surface area contributed by atoms with Crippen LogP contribution in [0.4, 0.5) is 9.38 Å². The van der Waals surface area contributed by atoms with Crippen molar-refractivity contribution in [2.75, 3.05) is 62.4 Å². The van der Waals surface area contributed by atoms with Crippen molar-refractivity contribution >= 4 is 49.7 Å². The number of nitrogens with zero attached hydrogens (tertiary/aromatic N) is 4. The molecule has 2 aromatic heterocycles. The summed E-state index contributed by atoms with van der Waals surface area (Å²) in [7, 11) is 0. The summed E-state index contributed by atoms with van der Waals surface area (Å²) in [6.45, 7) is 5.84. The molecule has 1 N–H and O–H groups in total. The Kier molecular flexibility index (Phi) is 7.22. The van der Waals surface area contributed by atoms with Crippen molar-refractivity contribution in [3.05, 3.63) is 75.3 Å². The Morgan fingerprint density at radius 2 is 1.23 bits per heavy atom. The Morgan fingerprint density at radius 1 is 0.725 bits per heavy atom. The van der Waals surface area contributed by atoms with E-state index in [1.165, 1.54) is 0 Å². The van der Waals surface area contributed by atoms with Crippen LogP contribution in [-0.4, -0.2) is 102 Å². The van der Waals surface area contributed by atoms with Gasteiger partial charge in [-0.3, -0.25) is 0 Å². The first-order valence-corrected chi connectivity index (χ1v) is 16.9. The van der Waals surface area contributed by atoms with Gasteiger partial charge in [-0.15, -0.1) is 0 Å². The summed E-state index contributed by atoms with van der Waals surface area (Å²) >= 11 is -0.366. The molecule has 0 radical (unpaired) electrons. The summed E-state index contributed by atoms with van der Waals surface area (Å²) in [5, 5.41) is 11.6. The number of hydrogen-bond donors (Lipinski definition) is 1. The quantitative estimate of drug-likeness (QED) is 0.314. The Labute approximate surface area is 244 Å². The van der Waals surface area contributed by atoms with E-state index in [1.807, 2.05) is 60.7 Å². The molecule has 2 fully saturated rings. The van der Waals surface area contributed by atoms with Crippen molar-refractivity contribution < 1.29 is 19.4 Å². The Balaban J connectivity index is 1.31. The maximum atomic E-state index is 14.0. The topological polar surface area (TPSA) is 88.0 Å². The fourth-order valence-corrected chi connectivity index (χ4v) is 10.4. The predicted molar refractivity (Wildman–Crippen MR) is 157 cm³/mol. The van der Waals surface area contributed by atoms with Gasteiger partial charge in [0.05, 0.1) is 0 Å². The van der Waals surface area contributed by atoms with E-state index in [0.29, 0.717) is 32.0 Å². The maximum absolute atomic E-state index is 14.0. The van der Waals surface area contributed by atoms with Gasteiger partial charge in [0.15, 0.2) is 0 Å². The summed E-state index contributed by atoms with van der Waals surface area (Å²) in [6, 6.07) is 20.0. The number of rotatable bonds is 6. The number of hydrogen-bond acceptors (Lipinski definition) is 8. The van der Waals surface area contributed by atoms with Gasteiger partial charge in [0.25, 0.3) is 0 Å². The molecule has 4 aromatic rings. The number of ketones is 1. The van der Waals surface area contributed by atoms with Crippen LogP contribution in [0.3, 0.4) is 0 Å². The number of ether oxygens (including phenoxy) is 2. The van der Waals surface area contributed by atoms with Crippen molar-refractivity contribution in [1.82, 2.24) is 9.97 Å². The third-order valence-electron chi connectivity index (χ3n) is 7.44. The molecule has 204 valence electrons. The Hall–Kier alpha value is -2.97. The number of carbonyl (C=O) groups excluding carboxylic acids is 1. The molecule has 0 spiro atoms. The minimum atomic E-state index is -0.653. The van der Waals surface area contributed by atoms with E-state index in [0.717, 1.165) is 67.0 Å². The van der Waals surface area contributed by atoms with E-state index < -0.39 is 5.92 Å². The average molecular weight is 666 g/mol. The molecule has 0 amide bonds. The van der Waals surface area contributed by atoms with Crippen LogP contribution in [0.2, 0.25) is 0 Å². The summed E-state index contributed by atoms with van der Waals surface area (Å²) in [4.78, 5) is 28.7. The summed E-state index contributed by atoms with van der Waals surface area (Å²) in [5.41, 5.74) is 4.02. The van der Waals surface area contributed by atoms with Gasteiger partial charge in [0.1, 0.15) is 0 Å². The van der Waals surface area contributed by atoms with E-state index >= 15 is 0 Å². The number of aromatic nitrogens is 2. The normalized spacial score (nSPS) is 19.7. The Bertz CT molecular complexity index is 1560. The number of benzene rings is 2. The predicted octanol–water partition coefficient (Wildman–Crippen LogP) is 3.23. The number of allylic oxidation sites excluding steroid dienone is 2. The van der Waals surface area contributed by atoms with E-state index in [2.05, 4.69) is 9.80 Å². The molecule has 1 aliphatic carbocycles. The van der Waals surface area contributed by atoms with E-state index in [1.54, 1.807) is 0 Å². The van der Waals surface area contributed by atoms with Gasteiger partial charge in [-0.25, -0.2) is 0 Å². The van der Waals surface area contributed by atoms with Crippen LogP contribution < -0.4 is 9.80 Å². The van der Waals surface area contributed by atoms with Gasteiger partial charge < -0.3 is 0 Å². The van der Waals surface area contributed by atoms with Crippen molar-refractivity contribution in [1.29, 1.82) is 0 Å². The molecule has 8 nitrogen and oxygen atoms in total. The minimum absolute atomic E-state index is 0.0232. The van der Waals surface area contributed by atoms with Gasteiger partial charge in [-0.05, 0) is 0 Å². The monoisotopic (exact) mass is 668 g/mol. The van der Waals surface area contributed by atoms with Crippen LogP contribution in [0.25, 0.3) is 28.1 Å². The number of anilines is 2. The van der Waals surface area contributed by atoms with Gasteiger partial charge in [-0.2, -0.15) is 0 Å². The first-order chi connectivity index (χ1) is 19.7. The van der Waals surface area contributed by atoms with Crippen LogP contribution in [0, 0.1) is 0 Å². The molecule has 7 rings (SSSR count). The number of aliphatic hydroxyl groups is 1. The van der Waals surface area contributed by atoms with Crippen LogP contribution in [-0.2, 0) is 14.3 Å². The van der Waals surface area contributed by atoms with E-state index in [-0.39, 0.29) is 40.5 Å². The Morgan fingerprint density at radius 3 is 1.77 bits per heavy atom. The third kappa shape index (κ3) is 4.69. The molecular weight excluding hydrogens is 638 g/mol. The van der Waals surface area contributed by atoms with Gasteiger partial charge >= 0.3 is 245 Å². The van der Waals surface area contributed by atoms with Crippen molar-refractivity contribution in [2.24, 2.45) is 0 Å². The number of morpholine rings is 2. The fraction of sp³-hybridized carbons (Fsp3) is 0.300. The van der Waals surface area contributed by atoms with Crippen molar-refractivity contribution in [3.63, 3.8) is 0 Å². The standard InChI is InChI=1S/C30H28N4O4Se2/c35-25-21(27-23(19-7-3-1-4-8-19)31-29(39-27)33-11-15-37-16-12-33)26(36)22(25)28-24(20-9-5-2-6-10-20)32-30(40-28)34-13-17-38-18-14-34/h1-10,21,35H,11-18H2. The molecule has 2 aliphatic heterocycles. The molecule has 1 unspecified atom stereocenters. The number of carbonyl (C=O) groups is 1. The van der Waals surface area contributed by atoms with Crippen molar-refractivity contribution in [3.8, 4) is 22.5 Å². The molecule has 40 heavy (non-hydrogen) atoms. The summed E-state index contributed by atoms with van der Waals surface area (Å²) in [5.74, 6) is -0.511. The first kappa shape index (κ1) is 26.0. The molecule has 4 heterocycles. The van der Waals surface area contributed by atoms with Gasteiger partial charge in [0.2, 0.25) is 0 Å². The molecule has 2 saturated heterocycles. The zero-order chi connectivity index (χ0) is 27.1. The molecule has 0 saturated carbocycles. The molecule has 1 atom stereocenters. The van der Waals surface area contributed by atoms with Crippen LogP contribution >= 0.6 is 0 Å². The first-order valence-electron chi connectivity index (χ1n) is 13.4. The zero-order valence-corrected chi connectivity index (χ0v) is 25.2. The third-order valence-corrected chi connectivity index (χ3v) is 12.3. The van der Waals surface area contributed by atoms with Crippen LogP contribution in [0.15, 0.2) is 66.4 Å². The second-order valence-electron chi connectivity index (χ2n) is 9.87. The number of aliphatic hydroxyl groups excluding tert-OH is 1. The van der Waals surface area contributed by atoms with Crippen LogP contribution in [0.5, 0.6) is 0 Å². The summed E-state index contributed by atoms with van der Waals surface area (Å²) < 4.78 is 14.9. The molecular formula is C30H28N4O4Se2. The molecule has 0 bridgehead atoms. The van der Waals surface area contributed by atoms with Gasteiger partial charge in [-0.1, -0.05) is 0 Å². The molecule has 10 heteroatoms. The number of Topliss-reactive ketones (excluding diaryl/α,β-unsaturated/α-hetero) is 1. The van der Waals surface area contributed by atoms with Crippen LogP contribution in [0.1, 0.15) is 14.8 Å². The van der Waals surface area contributed by atoms with Crippen molar-refractivity contribution in [2.45, 2.75) is 5.92 Å². The van der Waals surface area contributed by atoms with Gasteiger partial charge in [0, 0.05) is 0 Å². The summed E-state index contributed by atoms with van der Waals surface area (Å²) in [6.07, 6.45) is 0. The fourth-order valence-electron chi connectivity index (χ4n) is 5.30.